The van der Waals surface area contributed by atoms with Crippen molar-refractivity contribution < 1.29 is 14.3 Å². The van der Waals surface area contributed by atoms with E-state index in [0.717, 1.165) is 16.1 Å². The molecule has 0 bridgehead atoms. The van der Waals surface area contributed by atoms with E-state index in [1.165, 1.54) is 21.9 Å². The Labute approximate surface area is 146 Å². The Morgan fingerprint density at radius 3 is 2.96 bits per heavy atom. The Bertz CT molecular complexity index is 1050. The van der Waals surface area contributed by atoms with Crippen LogP contribution >= 0.6 is 11.3 Å². The highest BCUT2D eigenvalue weighted by atomic mass is 32.1. The van der Waals surface area contributed by atoms with Gasteiger partial charge in [0.05, 0.1) is 0 Å². The molecule has 0 aliphatic carbocycles. The Hall–Kier alpha value is -2.87. The van der Waals surface area contributed by atoms with Gasteiger partial charge < -0.3 is 14.8 Å². The molecule has 3 aromatic rings. The van der Waals surface area contributed by atoms with Gasteiger partial charge in [-0.25, -0.2) is 4.98 Å². The number of fused-ring (bicyclic) bond motifs is 2. The van der Waals surface area contributed by atoms with Gasteiger partial charge in [0.1, 0.15) is 5.56 Å². The Morgan fingerprint density at radius 2 is 2.12 bits per heavy atom. The van der Waals surface area contributed by atoms with E-state index >= 15 is 0 Å². The number of hydrogen-bond acceptors (Lipinski definition) is 6. The van der Waals surface area contributed by atoms with Crippen molar-refractivity contribution in [2.75, 3.05) is 6.79 Å². The third-order valence-corrected chi connectivity index (χ3v) is 5.23. The van der Waals surface area contributed by atoms with Crippen LogP contribution in [0, 0.1) is 13.8 Å². The maximum Gasteiger partial charge on any atom is 0.271 e. The zero-order valence-corrected chi connectivity index (χ0v) is 14.5. The van der Waals surface area contributed by atoms with E-state index in [1.54, 1.807) is 6.07 Å². The molecule has 128 valence electrons. The molecule has 8 heteroatoms. The minimum absolute atomic E-state index is 0.0270. The lowest BCUT2D eigenvalue weighted by Crippen LogP contribution is -2.31. The maximum absolute atomic E-state index is 12.6. The quantitative estimate of drug-likeness (QED) is 0.776. The number of hydrogen-bond donors (Lipinski definition) is 1. The van der Waals surface area contributed by atoms with Crippen LogP contribution in [0.25, 0.3) is 4.96 Å². The number of thiazole rings is 1. The summed E-state index contributed by atoms with van der Waals surface area (Å²) in [7, 11) is 0. The monoisotopic (exact) mass is 357 g/mol. The summed E-state index contributed by atoms with van der Waals surface area (Å²) < 4.78 is 12.1. The molecule has 0 saturated heterocycles. The van der Waals surface area contributed by atoms with Crippen LogP contribution in [-0.4, -0.2) is 22.1 Å². The van der Waals surface area contributed by atoms with Gasteiger partial charge in [-0.05, 0) is 31.5 Å². The van der Waals surface area contributed by atoms with Crippen molar-refractivity contribution in [3.05, 3.63) is 56.4 Å². The van der Waals surface area contributed by atoms with Crippen molar-refractivity contribution in [2.45, 2.75) is 20.4 Å². The van der Waals surface area contributed by atoms with Crippen LogP contribution < -0.4 is 20.3 Å². The summed E-state index contributed by atoms with van der Waals surface area (Å²) >= 11 is 1.43. The van der Waals surface area contributed by atoms with E-state index in [-0.39, 0.29) is 24.5 Å². The second kappa shape index (κ2) is 5.89. The fourth-order valence-corrected chi connectivity index (χ4v) is 3.59. The molecule has 0 fully saturated rings. The molecule has 0 radical (unpaired) electrons. The van der Waals surface area contributed by atoms with E-state index in [2.05, 4.69) is 10.3 Å². The van der Waals surface area contributed by atoms with Gasteiger partial charge in [0.25, 0.3) is 11.5 Å². The second-order valence-electron chi connectivity index (χ2n) is 5.71. The number of aromatic nitrogens is 2. The summed E-state index contributed by atoms with van der Waals surface area (Å²) in [6, 6.07) is 5.45. The first kappa shape index (κ1) is 15.6. The zero-order chi connectivity index (χ0) is 17.6. The van der Waals surface area contributed by atoms with Crippen LogP contribution in [0.15, 0.2) is 29.2 Å². The number of rotatable bonds is 3. The Kier molecular flexibility index (Phi) is 3.69. The lowest BCUT2D eigenvalue weighted by Gasteiger charge is -2.06. The standard InChI is InChI=1S/C17H15N3O4S/c1-9-10(2)25-17-19-7-12(16(22)20(9)17)15(21)18-6-11-3-4-13-14(5-11)24-8-23-13/h3-5,7H,6,8H2,1-2H3,(H,18,21). The molecule has 1 N–H and O–H groups in total. The van der Waals surface area contributed by atoms with Gasteiger partial charge in [-0.3, -0.25) is 14.0 Å². The first-order valence-corrected chi connectivity index (χ1v) is 8.51. The number of nitrogens with zero attached hydrogens (tertiary/aromatic N) is 2. The lowest BCUT2D eigenvalue weighted by atomic mass is 10.2. The topological polar surface area (TPSA) is 81.9 Å². The Balaban J connectivity index is 1.57. The van der Waals surface area contributed by atoms with Gasteiger partial charge in [0.15, 0.2) is 16.5 Å². The summed E-state index contributed by atoms with van der Waals surface area (Å²) in [6.07, 6.45) is 1.34. The van der Waals surface area contributed by atoms with E-state index in [9.17, 15) is 9.59 Å². The number of benzene rings is 1. The van der Waals surface area contributed by atoms with Gasteiger partial charge in [-0.1, -0.05) is 6.07 Å². The van der Waals surface area contributed by atoms with Gasteiger partial charge in [0.2, 0.25) is 6.79 Å². The minimum Gasteiger partial charge on any atom is -0.454 e. The van der Waals surface area contributed by atoms with Crippen LogP contribution in [0.3, 0.4) is 0 Å². The van der Waals surface area contributed by atoms with Gasteiger partial charge in [-0.15, -0.1) is 11.3 Å². The number of ether oxygens (including phenoxy) is 2. The highest BCUT2D eigenvalue weighted by Gasteiger charge is 2.17. The van der Waals surface area contributed by atoms with Gasteiger partial charge in [0, 0.05) is 23.3 Å². The van der Waals surface area contributed by atoms with Crippen molar-refractivity contribution in [1.29, 1.82) is 0 Å². The molecule has 7 nitrogen and oxygen atoms in total. The normalized spacial score (nSPS) is 12.6. The predicted molar refractivity (Wildman–Crippen MR) is 92.5 cm³/mol. The van der Waals surface area contributed by atoms with Crippen LogP contribution in [0.1, 0.15) is 26.5 Å². The third-order valence-electron chi connectivity index (χ3n) is 4.15. The molecule has 1 aliphatic heterocycles. The van der Waals surface area contributed by atoms with Crippen LogP contribution in [0.2, 0.25) is 0 Å². The van der Waals surface area contributed by atoms with E-state index in [0.29, 0.717) is 16.5 Å². The average molecular weight is 357 g/mol. The number of aryl methyl sites for hydroxylation is 2. The molecule has 0 spiro atoms. The molecule has 1 aliphatic rings. The molecule has 0 atom stereocenters. The average Bonchev–Trinajstić information content (AvgIpc) is 3.17. The highest BCUT2D eigenvalue weighted by Crippen LogP contribution is 2.32. The predicted octanol–water partition coefficient (Wildman–Crippen LogP) is 2.03. The molecule has 2 aromatic heterocycles. The molecule has 0 saturated carbocycles. The summed E-state index contributed by atoms with van der Waals surface area (Å²) in [4.78, 5) is 30.8. The summed E-state index contributed by atoms with van der Waals surface area (Å²) in [5.41, 5.74) is 1.34. The summed E-state index contributed by atoms with van der Waals surface area (Å²) in [5, 5.41) is 2.75. The number of carbonyl (C=O) groups excluding carboxylic acids is 1. The number of carbonyl (C=O) groups is 1. The van der Waals surface area contributed by atoms with Crippen molar-refractivity contribution in [2.24, 2.45) is 0 Å². The zero-order valence-electron chi connectivity index (χ0n) is 13.7. The maximum atomic E-state index is 12.6. The molecule has 3 heterocycles. The van der Waals surface area contributed by atoms with E-state index in [1.807, 2.05) is 26.0 Å². The molecule has 0 unspecified atom stereocenters. The van der Waals surface area contributed by atoms with Crippen molar-refractivity contribution >= 4 is 22.2 Å². The van der Waals surface area contributed by atoms with E-state index in [4.69, 9.17) is 9.47 Å². The van der Waals surface area contributed by atoms with Gasteiger partial charge >= 0.3 is 0 Å². The summed E-state index contributed by atoms with van der Waals surface area (Å²) in [6.45, 7) is 4.25. The molecule has 1 amide bonds. The summed E-state index contributed by atoms with van der Waals surface area (Å²) in [5.74, 6) is 0.887. The van der Waals surface area contributed by atoms with Crippen LogP contribution in [-0.2, 0) is 6.54 Å². The largest absolute Gasteiger partial charge is 0.454 e. The third kappa shape index (κ3) is 2.64. The van der Waals surface area contributed by atoms with Gasteiger partial charge in [-0.2, -0.15) is 0 Å². The molecule has 1 aromatic carbocycles. The fourth-order valence-electron chi connectivity index (χ4n) is 2.66. The minimum atomic E-state index is -0.451. The Morgan fingerprint density at radius 1 is 1.32 bits per heavy atom. The fraction of sp³-hybridized carbons (Fsp3) is 0.235. The van der Waals surface area contributed by atoms with Crippen molar-refractivity contribution in [1.82, 2.24) is 14.7 Å². The number of amides is 1. The molecule has 4 rings (SSSR count). The molecule has 25 heavy (non-hydrogen) atoms. The van der Waals surface area contributed by atoms with E-state index < -0.39 is 5.91 Å². The second-order valence-corrected chi connectivity index (χ2v) is 6.89. The molecular weight excluding hydrogens is 342 g/mol. The lowest BCUT2D eigenvalue weighted by molar-refractivity contribution is 0.0949. The molecular formula is C17H15N3O4S. The van der Waals surface area contributed by atoms with Crippen LogP contribution in [0.5, 0.6) is 11.5 Å². The highest BCUT2D eigenvalue weighted by molar-refractivity contribution is 7.17. The first-order chi connectivity index (χ1) is 12.0. The van der Waals surface area contributed by atoms with Crippen LogP contribution in [0.4, 0.5) is 0 Å². The van der Waals surface area contributed by atoms with Crippen molar-refractivity contribution in [3.8, 4) is 11.5 Å². The smallest absolute Gasteiger partial charge is 0.271 e. The SMILES string of the molecule is Cc1sc2ncc(C(=O)NCc3ccc4c(c3)OCO4)c(=O)n2c1C. The first-order valence-electron chi connectivity index (χ1n) is 7.69. The number of nitrogens with one attached hydrogen (secondary N) is 1. The van der Waals surface area contributed by atoms with Crippen molar-refractivity contribution in [3.63, 3.8) is 0 Å².